The van der Waals surface area contributed by atoms with Crippen LogP contribution in [0.4, 0.5) is 0 Å². The highest BCUT2D eigenvalue weighted by atomic mass is 16.6. The van der Waals surface area contributed by atoms with Crippen molar-refractivity contribution in [1.29, 1.82) is 0 Å². The molecule has 3 fully saturated rings. The number of fused-ring (bicyclic) bond motifs is 1. The van der Waals surface area contributed by atoms with Gasteiger partial charge in [0, 0.05) is 12.0 Å². The van der Waals surface area contributed by atoms with Crippen molar-refractivity contribution < 1.29 is 14.2 Å². The van der Waals surface area contributed by atoms with Crippen LogP contribution in [-0.4, -0.2) is 38.6 Å². The summed E-state index contributed by atoms with van der Waals surface area (Å²) in [5, 5.41) is 0. The minimum absolute atomic E-state index is 0.341. The lowest BCUT2D eigenvalue weighted by Crippen LogP contribution is -2.45. The zero-order chi connectivity index (χ0) is 14.0. The SMILES string of the molecule is CCC1(COCCCC(C)C2CCC3OC3C2)COC1. The second-order valence-corrected chi connectivity index (χ2v) is 7.30. The minimum Gasteiger partial charge on any atom is -0.381 e. The van der Waals surface area contributed by atoms with Gasteiger partial charge in [0.1, 0.15) is 0 Å². The monoisotopic (exact) mass is 282 g/mol. The van der Waals surface area contributed by atoms with E-state index in [9.17, 15) is 0 Å². The molecule has 3 nitrogen and oxygen atoms in total. The first-order valence-corrected chi connectivity index (χ1v) is 8.53. The molecule has 0 N–H and O–H groups in total. The Morgan fingerprint density at radius 1 is 1.25 bits per heavy atom. The summed E-state index contributed by atoms with van der Waals surface area (Å²) < 4.78 is 16.9. The Morgan fingerprint density at radius 3 is 2.75 bits per heavy atom. The number of hydrogen-bond donors (Lipinski definition) is 0. The zero-order valence-corrected chi connectivity index (χ0v) is 13.1. The Morgan fingerprint density at radius 2 is 2.10 bits per heavy atom. The van der Waals surface area contributed by atoms with E-state index in [-0.39, 0.29) is 0 Å². The van der Waals surface area contributed by atoms with Gasteiger partial charge in [-0.3, -0.25) is 0 Å². The summed E-state index contributed by atoms with van der Waals surface area (Å²) in [6, 6.07) is 0. The predicted molar refractivity (Wildman–Crippen MR) is 78.8 cm³/mol. The van der Waals surface area contributed by atoms with E-state index in [4.69, 9.17) is 14.2 Å². The van der Waals surface area contributed by atoms with Crippen molar-refractivity contribution in [2.75, 3.05) is 26.4 Å². The molecule has 1 saturated carbocycles. The Kier molecular flexibility index (Phi) is 4.68. The highest BCUT2D eigenvalue weighted by Gasteiger charge is 2.44. The molecule has 4 atom stereocenters. The smallest absolute Gasteiger partial charge is 0.0844 e. The summed E-state index contributed by atoms with van der Waals surface area (Å²) in [6.45, 7) is 8.25. The van der Waals surface area contributed by atoms with Crippen LogP contribution >= 0.6 is 0 Å². The van der Waals surface area contributed by atoms with Crippen LogP contribution in [0, 0.1) is 17.3 Å². The Balaban J connectivity index is 1.26. The van der Waals surface area contributed by atoms with Crippen molar-refractivity contribution in [2.45, 2.75) is 64.6 Å². The molecule has 0 bridgehead atoms. The van der Waals surface area contributed by atoms with Crippen molar-refractivity contribution in [3.05, 3.63) is 0 Å². The molecular weight excluding hydrogens is 252 g/mol. The van der Waals surface area contributed by atoms with E-state index in [2.05, 4.69) is 13.8 Å². The molecule has 0 amide bonds. The highest BCUT2D eigenvalue weighted by molar-refractivity contribution is 4.93. The molecule has 0 radical (unpaired) electrons. The van der Waals surface area contributed by atoms with Crippen LogP contribution in [0.15, 0.2) is 0 Å². The summed E-state index contributed by atoms with van der Waals surface area (Å²) in [5.74, 6) is 1.72. The zero-order valence-electron chi connectivity index (χ0n) is 13.1. The first kappa shape index (κ1) is 14.8. The van der Waals surface area contributed by atoms with Crippen LogP contribution in [0.25, 0.3) is 0 Å². The lowest BCUT2D eigenvalue weighted by Gasteiger charge is -2.40. The summed E-state index contributed by atoms with van der Waals surface area (Å²) in [6.07, 6.45) is 8.92. The average molecular weight is 282 g/mol. The van der Waals surface area contributed by atoms with Gasteiger partial charge in [-0.1, -0.05) is 13.8 Å². The van der Waals surface area contributed by atoms with E-state index in [1.165, 1.54) is 38.5 Å². The van der Waals surface area contributed by atoms with E-state index >= 15 is 0 Å². The molecule has 0 aromatic rings. The Hall–Kier alpha value is -0.120. The molecule has 2 heterocycles. The molecule has 0 spiro atoms. The first-order chi connectivity index (χ1) is 9.72. The fraction of sp³-hybridized carbons (Fsp3) is 1.00. The molecule has 2 saturated heterocycles. The van der Waals surface area contributed by atoms with Gasteiger partial charge in [0.05, 0.1) is 32.0 Å². The fourth-order valence-corrected chi connectivity index (χ4v) is 3.76. The molecule has 2 aliphatic heterocycles. The van der Waals surface area contributed by atoms with E-state index in [0.29, 0.717) is 17.6 Å². The molecule has 4 unspecified atom stereocenters. The van der Waals surface area contributed by atoms with E-state index in [1.54, 1.807) is 0 Å². The molecular formula is C17H30O3. The maximum Gasteiger partial charge on any atom is 0.0844 e. The third-order valence-corrected chi connectivity index (χ3v) is 5.77. The average Bonchev–Trinajstić information content (AvgIpc) is 3.19. The van der Waals surface area contributed by atoms with Crippen molar-refractivity contribution in [3.8, 4) is 0 Å². The quantitative estimate of drug-likeness (QED) is 0.505. The normalized spacial score (nSPS) is 36.0. The van der Waals surface area contributed by atoms with Gasteiger partial charge in [-0.2, -0.15) is 0 Å². The van der Waals surface area contributed by atoms with Gasteiger partial charge in [-0.05, 0) is 50.4 Å². The number of rotatable bonds is 8. The second kappa shape index (κ2) is 6.33. The van der Waals surface area contributed by atoms with Crippen LogP contribution in [-0.2, 0) is 14.2 Å². The molecule has 0 aromatic carbocycles. The van der Waals surface area contributed by atoms with Crippen molar-refractivity contribution in [1.82, 2.24) is 0 Å². The molecule has 1 aliphatic carbocycles. The topological polar surface area (TPSA) is 31.0 Å². The van der Waals surface area contributed by atoms with Crippen LogP contribution in [0.2, 0.25) is 0 Å². The third-order valence-electron chi connectivity index (χ3n) is 5.77. The fourth-order valence-electron chi connectivity index (χ4n) is 3.76. The maximum atomic E-state index is 5.89. The van der Waals surface area contributed by atoms with Gasteiger partial charge in [-0.15, -0.1) is 0 Å². The molecule has 0 aromatic heterocycles. The Labute approximate surface area is 123 Å². The van der Waals surface area contributed by atoms with Gasteiger partial charge >= 0.3 is 0 Å². The van der Waals surface area contributed by atoms with Crippen LogP contribution in [0.3, 0.4) is 0 Å². The maximum absolute atomic E-state index is 5.89. The summed E-state index contributed by atoms with van der Waals surface area (Å²) in [5.41, 5.74) is 0.341. The minimum atomic E-state index is 0.341. The lowest BCUT2D eigenvalue weighted by atomic mass is 9.79. The van der Waals surface area contributed by atoms with Gasteiger partial charge in [0.25, 0.3) is 0 Å². The number of ether oxygens (including phenoxy) is 3. The van der Waals surface area contributed by atoms with E-state index in [0.717, 1.165) is 38.3 Å². The first-order valence-electron chi connectivity index (χ1n) is 8.53. The number of hydrogen-bond acceptors (Lipinski definition) is 3. The van der Waals surface area contributed by atoms with Crippen molar-refractivity contribution >= 4 is 0 Å². The van der Waals surface area contributed by atoms with Gasteiger partial charge in [0.15, 0.2) is 0 Å². The molecule has 20 heavy (non-hydrogen) atoms. The third kappa shape index (κ3) is 3.37. The van der Waals surface area contributed by atoms with Gasteiger partial charge in [-0.25, -0.2) is 0 Å². The van der Waals surface area contributed by atoms with E-state index < -0.39 is 0 Å². The standard InChI is InChI=1S/C17H30O3/c1-3-17(11-19-12-17)10-18-8-4-5-13(2)14-6-7-15-16(9-14)20-15/h13-16H,3-12H2,1-2H3. The summed E-state index contributed by atoms with van der Waals surface area (Å²) in [7, 11) is 0. The Bertz CT molecular complexity index is 308. The lowest BCUT2D eigenvalue weighted by molar-refractivity contribution is -0.150. The van der Waals surface area contributed by atoms with Crippen molar-refractivity contribution in [2.24, 2.45) is 17.3 Å². The predicted octanol–water partition coefficient (Wildman–Crippen LogP) is 3.41. The van der Waals surface area contributed by atoms with Gasteiger partial charge < -0.3 is 14.2 Å². The summed E-state index contributed by atoms with van der Waals surface area (Å²) >= 11 is 0. The molecule has 3 rings (SSSR count). The highest BCUT2D eigenvalue weighted by Crippen LogP contribution is 2.42. The summed E-state index contributed by atoms with van der Waals surface area (Å²) in [4.78, 5) is 0. The largest absolute Gasteiger partial charge is 0.381 e. The molecule has 116 valence electrons. The number of epoxide rings is 1. The second-order valence-electron chi connectivity index (χ2n) is 7.30. The van der Waals surface area contributed by atoms with Gasteiger partial charge in [0.2, 0.25) is 0 Å². The van der Waals surface area contributed by atoms with Crippen LogP contribution in [0.1, 0.15) is 52.4 Å². The van der Waals surface area contributed by atoms with E-state index in [1.807, 2.05) is 0 Å². The molecule has 3 heteroatoms. The molecule has 3 aliphatic rings. The van der Waals surface area contributed by atoms with Crippen LogP contribution < -0.4 is 0 Å². The van der Waals surface area contributed by atoms with Crippen molar-refractivity contribution in [3.63, 3.8) is 0 Å². The van der Waals surface area contributed by atoms with Crippen LogP contribution in [0.5, 0.6) is 0 Å².